The van der Waals surface area contributed by atoms with Gasteiger partial charge in [0.1, 0.15) is 5.75 Å². The van der Waals surface area contributed by atoms with Gasteiger partial charge in [-0.15, -0.1) is 0 Å². The van der Waals surface area contributed by atoms with Gasteiger partial charge in [0.05, 0.1) is 19.6 Å². The minimum absolute atomic E-state index is 0.000108. The topological polar surface area (TPSA) is 73.9 Å². The molecule has 0 saturated carbocycles. The van der Waals surface area contributed by atoms with Gasteiger partial charge in [-0.1, -0.05) is 36.4 Å². The smallest absolute Gasteiger partial charge is 0.234 e. The van der Waals surface area contributed by atoms with Crippen LogP contribution in [0.1, 0.15) is 22.6 Å². The molecule has 2 atom stereocenters. The molecule has 0 radical (unpaired) electrons. The first-order chi connectivity index (χ1) is 15.9. The summed E-state index contributed by atoms with van der Waals surface area (Å²) < 4.78 is 5.20. The van der Waals surface area contributed by atoms with Gasteiger partial charge in [0.15, 0.2) is 0 Å². The van der Waals surface area contributed by atoms with Gasteiger partial charge in [-0.2, -0.15) is 0 Å². The molecule has 2 amide bonds. The maximum Gasteiger partial charge on any atom is 0.234 e. The van der Waals surface area contributed by atoms with Gasteiger partial charge in [0, 0.05) is 32.1 Å². The molecule has 0 aliphatic carbocycles. The molecule has 7 nitrogen and oxygen atoms in total. The monoisotopic (exact) mass is 452 g/mol. The van der Waals surface area contributed by atoms with Gasteiger partial charge >= 0.3 is 0 Å². The minimum atomic E-state index is -0.0931. The molecule has 1 fully saturated rings. The van der Waals surface area contributed by atoms with E-state index in [1.165, 1.54) is 5.56 Å². The van der Waals surface area contributed by atoms with E-state index in [9.17, 15) is 9.59 Å². The second-order valence-corrected chi connectivity index (χ2v) is 9.08. The maximum absolute atomic E-state index is 13.0. The second-order valence-electron chi connectivity index (χ2n) is 9.08. The second kappa shape index (κ2) is 11.8. The summed E-state index contributed by atoms with van der Waals surface area (Å²) in [4.78, 5) is 29.1. The van der Waals surface area contributed by atoms with Gasteiger partial charge in [0.2, 0.25) is 11.8 Å². The van der Waals surface area contributed by atoms with Crippen LogP contribution in [0.25, 0.3) is 0 Å². The van der Waals surface area contributed by atoms with E-state index in [-0.39, 0.29) is 23.7 Å². The van der Waals surface area contributed by atoms with E-state index < -0.39 is 0 Å². The molecule has 1 aliphatic heterocycles. The maximum atomic E-state index is 13.0. The summed E-state index contributed by atoms with van der Waals surface area (Å²) in [6.45, 7) is 3.04. The van der Waals surface area contributed by atoms with Crippen LogP contribution in [-0.2, 0) is 22.6 Å². The lowest BCUT2D eigenvalue weighted by atomic mass is 9.87. The van der Waals surface area contributed by atoms with Crippen LogP contribution in [0.5, 0.6) is 5.75 Å². The fourth-order valence-electron chi connectivity index (χ4n) is 4.33. The average molecular weight is 453 g/mol. The van der Waals surface area contributed by atoms with Gasteiger partial charge in [0.25, 0.3) is 0 Å². The SMILES string of the molecule is COc1ccc(CCNC(=O)[C@@H]2CN(C)C[C@@H]2c2cccc(CNC(=O)CN(C)C)c2)cc1. The normalized spacial score (nSPS) is 18.3. The summed E-state index contributed by atoms with van der Waals surface area (Å²) in [5.41, 5.74) is 3.36. The Kier molecular flexibility index (Phi) is 8.86. The average Bonchev–Trinajstić information content (AvgIpc) is 3.20. The number of nitrogens with zero attached hydrogens (tertiary/aromatic N) is 2. The quantitative estimate of drug-likeness (QED) is 0.576. The van der Waals surface area contributed by atoms with Crippen molar-refractivity contribution in [2.24, 2.45) is 5.92 Å². The lowest BCUT2D eigenvalue weighted by Crippen LogP contribution is -2.35. The molecule has 1 saturated heterocycles. The number of rotatable bonds is 10. The van der Waals surface area contributed by atoms with Crippen molar-refractivity contribution in [2.75, 3.05) is 54.4 Å². The molecular formula is C26H36N4O3. The molecule has 1 heterocycles. The summed E-state index contributed by atoms with van der Waals surface area (Å²) in [6, 6.07) is 16.2. The van der Waals surface area contributed by atoms with E-state index in [1.807, 2.05) is 55.4 Å². The number of hydrogen-bond acceptors (Lipinski definition) is 5. The van der Waals surface area contributed by atoms with E-state index in [2.05, 4.69) is 34.7 Å². The van der Waals surface area contributed by atoms with Crippen molar-refractivity contribution >= 4 is 11.8 Å². The molecule has 7 heteroatoms. The van der Waals surface area contributed by atoms with E-state index in [4.69, 9.17) is 4.74 Å². The number of benzene rings is 2. The predicted molar refractivity (Wildman–Crippen MR) is 130 cm³/mol. The predicted octanol–water partition coefficient (Wildman–Crippen LogP) is 1.88. The number of methoxy groups -OCH3 is 1. The van der Waals surface area contributed by atoms with Crippen molar-refractivity contribution in [3.05, 3.63) is 65.2 Å². The number of likely N-dealkylation sites (tertiary alicyclic amines) is 1. The number of amides is 2. The van der Waals surface area contributed by atoms with Crippen LogP contribution in [0.15, 0.2) is 48.5 Å². The molecule has 3 rings (SSSR count). The largest absolute Gasteiger partial charge is 0.497 e. The number of ether oxygens (including phenoxy) is 1. The Bertz CT molecular complexity index is 929. The zero-order valence-corrected chi connectivity index (χ0v) is 20.1. The summed E-state index contributed by atoms with van der Waals surface area (Å²) >= 11 is 0. The van der Waals surface area contributed by atoms with Crippen molar-refractivity contribution in [1.82, 2.24) is 20.4 Å². The molecule has 1 aliphatic rings. The Morgan fingerprint density at radius 1 is 1.06 bits per heavy atom. The highest BCUT2D eigenvalue weighted by atomic mass is 16.5. The molecular weight excluding hydrogens is 416 g/mol. The van der Waals surface area contributed by atoms with Crippen molar-refractivity contribution in [3.8, 4) is 5.75 Å². The van der Waals surface area contributed by atoms with Crippen LogP contribution in [0.4, 0.5) is 0 Å². The Morgan fingerprint density at radius 3 is 2.52 bits per heavy atom. The first-order valence-corrected chi connectivity index (χ1v) is 11.4. The molecule has 0 unspecified atom stereocenters. The number of carbonyl (C=O) groups excluding carboxylic acids is 2. The van der Waals surface area contributed by atoms with Gasteiger partial charge in [-0.25, -0.2) is 0 Å². The van der Waals surface area contributed by atoms with Crippen molar-refractivity contribution in [1.29, 1.82) is 0 Å². The van der Waals surface area contributed by atoms with Gasteiger partial charge in [-0.3, -0.25) is 9.59 Å². The summed E-state index contributed by atoms with van der Waals surface area (Å²) in [7, 11) is 7.46. The van der Waals surface area contributed by atoms with Crippen molar-refractivity contribution in [2.45, 2.75) is 18.9 Å². The van der Waals surface area contributed by atoms with Crippen LogP contribution >= 0.6 is 0 Å². The van der Waals surface area contributed by atoms with Gasteiger partial charge < -0.3 is 25.2 Å². The highest BCUT2D eigenvalue weighted by Crippen LogP contribution is 2.32. The molecule has 2 N–H and O–H groups in total. The third-order valence-corrected chi connectivity index (χ3v) is 6.04. The lowest BCUT2D eigenvalue weighted by Gasteiger charge is -2.19. The Labute approximate surface area is 197 Å². The first kappa shape index (κ1) is 24.7. The van der Waals surface area contributed by atoms with Crippen molar-refractivity contribution < 1.29 is 14.3 Å². The number of likely N-dealkylation sites (N-methyl/N-ethyl adjacent to an activating group) is 2. The third kappa shape index (κ3) is 7.30. The fourth-order valence-corrected chi connectivity index (χ4v) is 4.33. The summed E-state index contributed by atoms with van der Waals surface area (Å²) in [6.07, 6.45) is 0.783. The Morgan fingerprint density at radius 2 is 1.82 bits per heavy atom. The third-order valence-electron chi connectivity index (χ3n) is 6.04. The Hall–Kier alpha value is -2.90. The molecule has 33 heavy (non-hydrogen) atoms. The van der Waals surface area contributed by atoms with E-state index in [0.29, 0.717) is 19.6 Å². The lowest BCUT2D eigenvalue weighted by molar-refractivity contribution is -0.125. The standard InChI is InChI=1S/C26H36N4O3/c1-29(2)18-25(31)28-15-20-6-5-7-21(14-20)23-16-30(3)17-24(23)26(32)27-13-12-19-8-10-22(33-4)11-9-19/h5-11,14,23-24H,12-13,15-18H2,1-4H3,(H,27,32)(H,28,31)/t23-,24-/m1/s1. The van der Waals surface area contributed by atoms with E-state index in [1.54, 1.807) is 7.11 Å². The van der Waals surface area contributed by atoms with E-state index in [0.717, 1.165) is 36.4 Å². The van der Waals surface area contributed by atoms with Crippen LogP contribution in [-0.4, -0.2) is 76.0 Å². The Balaban J connectivity index is 1.57. The van der Waals surface area contributed by atoms with Gasteiger partial charge in [-0.05, 0) is 56.4 Å². The molecule has 178 valence electrons. The highest BCUT2D eigenvalue weighted by molar-refractivity contribution is 5.80. The highest BCUT2D eigenvalue weighted by Gasteiger charge is 2.36. The number of hydrogen-bond donors (Lipinski definition) is 2. The molecule has 0 spiro atoms. The summed E-state index contributed by atoms with van der Waals surface area (Å²) in [5, 5.41) is 6.10. The summed E-state index contributed by atoms with van der Waals surface area (Å²) in [5.74, 6) is 0.972. The fraction of sp³-hybridized carbons (Fsp3) is 0.462. The van der Waals surface area contributed by atoms with Crippen LogP contribution in [0.2, 0.25) is 0 Å². The molecule has 0 bridgehead atoms. The molecule has 2 aromatic carbocycles. The number of carbonyl (C=O) groups is 2. The van der Waals surface area contributed by atoms with Crippen molar-refractivity contribution in [3.63, 3.8) is 0 Å². The van der Waals surface area contributed by atoms with E-state index >= 15 is 0 Å². The first-order valence-electron chi connectivity index (χ1n) is 11.4. The molecule has 0 aromatic heterocycles. The van der Waals surface area contributed by atoms with Crippen LogP contribution in [0, 0.1) is 5.92 Å². The van der Waals surface area contributed by atoms with Crippen LogP contribution in [0.3, 0.4) is 0 Å². The number of nitrogens with one attached hydrogen (secondary N) is 2. The minimum Gasteiger partial charge on any atom is -0.497 e. The zero-order chi connectivity index (χ0) is 23.8. The van der Waals surface area contributed by atoms with Crippen LogP contribution < -0.4 is 15.4 Å². The molecule has 2 aromatic rings. The zero-order valence-electron chi connectivity index (χ0n) is 20.1.